The van der Waals surface area contributed by atoms with Crippen molar-refractivity contribution >= 4 is 17.5 Å². The van der Waals surface area contributed by atoms with Gasteiger partial charge in [-0.1, -0.05) is 12.1 Å². The first-order valence-corrected chi connectivity index (χ1v) is 6.95. The van der Waals surface area contributed by atoms with E-state index in [1.165, 1.54) is 0 Å². The molecular formula is C17H17N3O3. The van der Waals surface area contributed by atoms with E-state index in [9.17, 15) is 9.59 Å². The molecule has 0 radical (unpaired) electrons. The summed E-state index contributed by atoms with van der Waals surface area (Å²) in [4.78, 5) is 28.1. The maximum absolute atomic E-state index is 12.2. The van der Waals surface area contributed by atoms with Crippen molar-refractivity contribution in [2.75, 3.05) is 19.0 Å². The first-order chi connectivity index (χ1) is 11.1. The number of hydrogen-bond acceptors (Lipinski definition) is 4. The fourth-order valence-electron chi connectivity index (χ4n) is 1.81. The summed E-state index contributed by atoms with van der Waals surface area (Å²) in [5.74, 6) is -0.0560. The lowest BCUT2D eigenvalue weighted by atomic mass is 10.2. The number of ether oxygens (including phenoxy) is 1. The van der Waals surface area contributed by atoms with Gasteiger partial charge in [-0.15, -0.1) is 6.58 Å². The SMILES string of the molecule is C=CCNC(=O)c1cccc(C(=O)Nc2ccc(OC)cc2)n1. The molecule has 118 valence electrons. The van der Waals surface area contributed by atoms with Gasteiger partial charge >= 0.3 is 0 Å². The fraction of sp³-hybridized carbons (Fsp3) is 0.118. The zero-order valence-corrected chi connectivity index (χ0v) is 12.7. The summed E-state index contributed by atoms with van der Waals surface area (Å²) in [5.41, 5.74) is 0.945. The molecule has 2 rings (SSSR count). The Kier molecular flexibility index (Phi) is 5.46. The van der Waals surface area contributed by atoms with Crippen LogP contribution in [0.25, 0.3) is 0 Å². The monoisotopic (exact) mass is 311 g/mol. The molecule has 1 aromatic heterocycles. The molecule has 0 bridgehead atoms. The van der Waals surface area contributed by atoms with Crippen LogP contribution >= 0.6 is 0 Å². The summed E-state index contributed by atoms with van der Waals surface area (Å²) in [7, 11) is 1.57. The van der Waals surface area contributed by atoms with E-state index in [1.54, 1.807) is 55.7 Å². The van der Waals surface area contributed by atoms with Gasteiger partial charge in [0.2, 0.25) is 0 Å². The van der Waals surface area contributed by atoms with Crippen molar-refractivity contribution in [3.63, 3.8) is 0 Å². The number of methoxy groups -OCH3 is 1. The summed E-state index contributed by atoms with van der Waals surface area (Å²) in [6.45, 7) is 3.86. The number of nitrogens with one attached hydrogen (secondary N) is 2. The maximum atomic E-state index is 12.2. The van der Waals surface area contributed by atoms with Crippen molar-refractivity contribution < 1.29 is 14.3 Å². The van der Waals surface area contributed by atoms with Gasteiger partial charge in [-0.25, -0.2) is 4.98 Å². The summed E-state index contributed by atoms with van der Waals surface area (Å²) >= 11 is 0. The molecule has 2 amide bonds. The van der Waals surface area contributed by atoms with Gasteiger partial charge in [-0.05, 0) is 36.4 Å². The van der Waals surface area contributed by atoms with E-state index in [0.717, 1.165) is 0 Å². The van der Waals surface area contributed by atoms with E-state index in [-0.39, 0.29) is 17.3 Å². The van der Waals surface area contributed by atoms with Gasteiger partial charge in [-0.2, -0.15) is 0 Å². The Morgan fingerprint density at radius 2 is 1.78 bits per heavy atom. The molecule has 6 nitrogen and oxygen atoms in total. The molecular weight excluding hydrogens is 294 g/mol. The van der Waals surface area contributed by atoms with Crippen LogP contribution in [0.3, 0.4) is 0 Å². The fourth-order valence-corrected chi connectivity index (χ4v) is 1.81. The van der Waals surface area contributed by atoms with Crippen molar-refractivity contribution in [3.8, 4) is 5.75 Å². The molecule has 0 saturated carbocycles. The number of carbonyl (C=O) groups excluding carboxylic acids is 2. The number of nitrogens with zero attached hydrogens (tertiary/aromatic N) is 1. The van der Waals surface area contributed by atoms with Gasteiger partial charge in [0.1, 0.15) is 17.1 Å². The summed E-state index contributed by atoms with van der Waals surface area (Å²) in [6, 6.07) is 11.6. The van der Waals surface area contributed by atoms with Gasteiger partial charge < -0.3 is 15.4 Å². The van der Waals surface area contributed by atoms with E-state index < -0.39 is 5.91 Å². The molecule has 0 fully saturated rings. The molecule has 1 heterocycles. The first-order valence-electron chi connectivity index (χ1n) is 6.95. The van der Waals surface area contributed by atoms with Gasteiger partial charge in [0.15, 0.2) is 0 Å². The molecule has 0 spiro atoms. The number of rotatable bonds is 6. The van der Waals surface area contributed by atoms with Crippen LogP contribution in [0.15, 0.2) is 55.1 Å². The molecule has 0 aliphatic carbocycles. The third-order valence-electron chi connectivity index (χ3n) is 2.97. The van der Waals surface area contributed by atoms with Crippen LogP contribution in [0, 0.1) is 0 Å². The van der Waals surface area contributed by atoms with Gasteiger partial charge in [0.05, 0.1) is 7.11 Å². The molecule has 1 aromatic carbocycles. The van der Waals surface area contributed by atoms with Crippen LogP contribution in [0.5, 0.6) is 5.75 Å². The molecule has 0 atom stereocenters. The molecule has 0 saturated heterocycles. The number of aromatic nitrogens is 1. The highest BCUT2D eigenvalue weighted by Gasteiger charge is 2.12. The Balaban J connectivity index is 2.09. The van der Waals surface area contributed by atoms with Gasteiger partial charge in [0.25, 0.3) is 11.8 Å². The van der Waals surface area contributed by atoms with Crippen LogP contribution in [0.1, 0.15) is 21.0 Å². The topological polar surface area (TPSA) is 80.3 Å². The van der Waals surface area contributed by atoms with Crippen molar-refractivity contribution in [1.82, 2.24) is 10.3 Å². The minimum atomic E-state index is -0.395. The summed E-state index contributed by atoms with van der Waals surface area (Å²) in [6.07, 6.45) is 1.57. The molecule has 6 heteroatoms. The van der Waals surface area contributed by atoms with Crippen molar-refractivity contribution in [2.45, 2.75) is 0 Å². The van der Waals surface area contributed by atoms with Crippen molar-refractivity contribution in [2.24, 2.45) is 0 Å². The lowest BCUT2D eigenvalue weighted by Crippen LogP contribution is -2.25. The van der Waals surface area contributed by atoms with E-state index in [1.807, 2.05) is 0 Å². The number of hydrogen-bond donors (Lipinski definition) is 2. The number of carbonyl (C=O) groups is 2. The maximum Gasteiger partial charge on any atom is 0.274 e. The second kappa shape index (κ2) is 7.74. The highest BCUT2D eigenvalue weighted by molar-refractivity contribution is 6.03. The Morgan fingerprint density at radius 3 is 2.39 bits per heavy atom. The normalized spacial score (nSPS) is 9.78. The minimum absolute atomic E-state index is 0.159. The lowest BCUT2D eigenvalue weighted by molar-refractivity contribution is 0.0953. The second-order valence-electron chi connectivity index (χ2n) is 4.59. The Bertz CT molecular complexity index is 711. The van der Waals surface area contributed by atoms with E-state index >= 15 is 0 Å². The van der Waals surface area contributed by atoms with Crippen LogP contribution < -0.4 is 15.4 Å². The Labute approximate surface area is 134 Å². The average Bonchev–Trinajstić information content (AvgIpc) is 2.60. The third kappa shape index (κ3) is 4.41. The third-order valence-corrected chi connectivity index (χ3v) is 2.97. The van der Waals surface area contributed by atoms with Crippen molar-refractivity contribution in [1.29, 1.82) is 0 Å². The van der Waals surface area contributed by atoms with E-state index in [4.69, 9.17) is 4.74 Å². The minimum Gasteiger partial charge on any atom is -0.497 e. The zero-order valence-electron chi connectivity index (χ0n) is 12.7. The molecule has 0 aliphatic rings. The Hall–Kier alpha value is -3.15. The number of benzene rings is 1. The second-order valence-corrected chi connectivity index (χ2v) is 4.59. The highest BCUT2D eigenvalue weighted by Crippen LogP contribution is 2.15. The molecule has 0 aliphatic heterocycles. The summed E-state index contributed by atoms with van der Waals surface area (Å²) < 4.78 is 5.06. The highest BCUT2D eigenvalue weighted by atomic mass is 16.5. The van der Waals surface area contributed by atoms with Crippen LogP contribution in [0.4, 0.5) is 5.69 Å². The smallest absolute Gasteiger partial charge is 0.274 e. The standard InChI is InChI=1S/C17H17N3O3/c1-3-11-18-16(21)14-5-4-6-15(20-14)17(22)19-12-7-9-13(23-2)10-8-12/h3-10H,1,11H2,2H3,(H,18,21)(H,19,22). The van der Waals surface area contributed by atoms with Gasteiger partial charge in [0, 0.05) is 12.2 Å². The molecule has 23 heavy (non-hydrogen) atoms. The molecule has 2 aromatic rings. The first kappa shape index (κ1) is 16.2. The molecule has 0 unspecified atom stereocenters. The van der Waals surface area contributed by atoms with Crippen LogP contribution in [0.2, 0.25) is 0 Å². The predicted molar refractivity (Wildman–Crippen MR) is 87.7 cm³/mol. The number of amides is 2. The number of anilines is 1. The Morgan fingerprint density at radius 1 is 1.13 bits per heavy atom. The van der Waals surface area contributed by atoms with E-state index in [0.29, 0.717) is 18.0 Å². The quantitative estimate of drug-likeness (QED) is 0.802. The predicted octanol–water partition coefficient (Wildman–Crippen LogP) is 2.26. The average molecular weight is 311 g/mol. The van der Waals surface area contributed by atoms with Gasteiger partial charge in [-0.3, -0.25) is 9.59 Å². The van der Waals surface area contributed by atoms with E-state index in [2.05, 4.69) is 22.2 Å². The van der Waals surface area contributed by atoms with Crippen molar-refractivity contribution in [3.05, 3.63) is 66.5 Å². The summed E-state index contributed by atoms with van der Waals surface area (Å²) in [5, 5.41) is 5.33. The van der Waals surface area contributed by atoms with Crippen LogP contribution in [-0.2, 0) is 0 Å². The van der Waals surface area contributed by atoms with Crippen LogP contribution in [-0.4, -0.2) is 30.5 Å². The number of pyridine rings is 1. The zero-order chi connectivity index (χ0) is 16.7. The largest absolute Gasteiger partial charge is 0.497 e. The molecule has 2 N–H and O–H groups in total. The lowest BCUT2D eigenvalue weighted by Gasteiger charge is -2.07.